The number of hydrogen-bond donors (Lipinski definition) is 1. The summed E-state index contributed by atoms with van der Waals surface area (Å²) in [5, 5.41) is 3.29. The summed E-state index contributed by atoms with van der Waals surface area (Å²) in [6.07, 6.45) is 3.11. The molecular weight excluding hydrogens is 248 g/mol. The maximum absolute atomic E-state index is 13.3. The number of nitrogens with one attached hydrogen (secondary N) is 1. The SMILES string of the molecule is CCCNC(Cc1ccco1)c1cc(F)cc(F)c1. The molecule has 0 aliphatic carbocycles. The normalized spacial score (nSPS) is 12.6. The van der Waals surface area contributed by atoms with E-state index in [4.69, 9.17) is 4.42 Å². The van der Waals surface area contributed by atoms with Crippen LogP contribution in [0.1, 0.15) is 30.7 Å². The van der Waals surface area contributed by atoms with Crippen molar-refractivity contribution in [3.63, 3.8) is 0 Å². The lowest BCUT2D eigenvalue weighted by Gasteiger charge is -2.18. The van der Waals surface area contributed by atoms with Gasteiger partial charge >= 0.3 is 0 Å². The van der Waals surface area contributed by atoms with E-state index >= 15 is 0 Å². The Hall–Kier alpha value is -1.68. The molecule has 0 radical (unpaired) electrons. The maximum atomic E-state index is 13.3. The van der Waals surface area contributed by atoms with Crippen LogP contribution in [0.2, 0.25) is 0 Å². The Morgan fingerprint density at radius 3 is 2.53 bits per heavy atom. The van der Waals surface area contributed by atoms with E-state index in [0.29, 0.717) is 12.0 Å². The molecule has 2 nitrogen and oxygen atoms in total. The second-order valence-electron chi connectivity index (χ2n) is 4.49. The second-order valence-corrected chi connectivity index (χ2v) is 4.49. The van der Waals surface area contributed by atoms with Gasteiger partial charge in [-0.05, 0) is 42.8 Å². The van der Waals surface area contributed by atoms with Crippen LogP contribution in [0.3, 0.4) is 0 Å². The molecule has 102 valence electrons. The highest BCUT2D eigenvalue weighted by Crippen LogP contribution is 2.21. The van der Waals surface area contributed by atoms with Crippen LogP contribution in [0.4, 0.5) is 8.78 Å². The van der Waals surface area contributed by atoms with Crippen molar-refractivity contribution in [1.82, 2.24) is 5.32 Å². The molecule has 1 atom stereocenters. The first-order valence-electron chi connectivity index (χ1n) is 6.40. The molecular formula is C15H17F2NO. The third kappa shape index (κ3) is 3.89. The van der Waals surface area contributed by atoms with Gasteiger partial charge in [0.05, 0.1) is 6.26 Å². The monoisotopic (exact) mass is 265 g/mol. The number of furan rings is 1. The van der Waals surface area contributed by atoms with E-state index in [9.17, 15) is 8.78 Å². The van der Waals surface area contributed by atoms with E-state index in [1.165, 1.54) is 12.1 Å². The van der Waals surface area contributed by atoms with Crippen LogP contribution < -0.4 is 5.32 Å². The highest BCUT2D eigenvalue weighted by Gasteiger charge is 2.15. The molecule has 0 spiro atoms. The standard InChI is InChI=1S/C15H17F2NO/c1-2-5-18-15(10-14-4-3-6-19-14)11-7-12(16)9-13(17)8-11/h3-4,6-9,15,18H,2,5,10H2,1H3. The molecule has 1 aromatic carbocycles. The van der Waals surface area contributed by atoms with E-state index in [0.717, 1.165) is 24.8 Å². The molecule has 0 fully saturated rings. The molecule has 4 heteroatoms. The van der Waals surface area contributed by atoms with Crippen molar-refractivity contribution in [1.29, 1.82) is 0 Å². The van der Waals surface area contributed by atoms with E-state index in [1.54, 1.807) is 12.3 Å². The van der Waals surface area contributed by atoms with Gasteiger partial charge in [-0.1, -0.05) is 6.92 Å². The van der Waals surface area contributed by atoms with Crippen molar-refractivity contribution >= 4 is 0 Å². The Labute approximate surface area is 111 Å². The Bertz CT molecular complexity index is 491. The average Bonchev–Trinajstić information content (AvgIpc) is 2.86. The summed E-state index contributed by atoms with van der Waals surface area (Å²) in [6.45, 7) is 2.83. The van der Waals surface area contributed by atoms with Gasteiger partial charge in [-0.25, -0.2) is 8.78 Å². The first-order chi connectivity index (χ1) is 9.19. The van der Waals surface area contributed by atoms with Crippen molar-refractivity contribution in [3.8, 4) is 0 Å². The zero-order chi connectivity index (χ0) is 13.7. The number of rotatable bonds is 6. The van der Waals surface area contributed by atoms with Gasteiger partial charge in [0.1, 0.15) is 17.4 Å². The third-order valence-electron chi connectivity index (χ3n) is 2.91. The van der Waals surface area contributed by atoms with Crippen LogP contribution in [0.5, 0.6) is 0 Å². The fraction of sp³-hybridized carbons (Fsp3) is 0.333. The molecule has 19 heavy (non-hydrogen) atoms. The summed E-state index contributed by atoms with van der Waals surface area (Å²) in [7, 11) is 0. The fourth-order valence-corrected chi connectivity index (χ4v) is 2.03. The first kappa shape index (κ1) is 13.7. The Balaban J connectivity index is 2.20. The lowest BCUT2D eigenvalue weighted by Crippen LogP contribution is -2.24. The largest absolute Gasteiger partial charge is 0.469 e. The van der Waals surface area contributed by atoms with Gasteiger partial charge in [-0.2, -0.15) is 0 Å². The van der Waals surface area contributed by atoms with Gasteiger partial charge < -0.3 is 9.73 Å². The van der Waals surface area contributed by atoms with Crippen molar-refractivity contribution in [2.75, 3.05) is 6.54 Å². The van der Waals surface area contributed by atoms with Crippen molar-refractivity contribution in [2.45, 2.75) is 25.8 Å². The number of benzene rings is 1. The van der Waals surface area contributed by atoms with Gasteiger partial charge in [-0.15, -0.1) is 0 Å². The average molecular weight is 265 g/mol. The molecule has 1 heterocycles. The van der Waals surface area contributed by atoms with Gasteiger partial charge in [0, 0.05) is 18.5 Å². The molecule has 1 unspecified atom stereocenters. The van der Waals surface area contributed by atoms with Crippen molar-refractivity contribution < 1.29 is 13.2 Å². The molecule has 1 aromatic heterocycles. The van der Waals surface area contributed by atoms with E-state index in [1.807, 2.05) is 13.0 Å². The van der Waals surface area contributed by atoms with Gasteiger partial charge in [-0.3, -0.25) is 0 Å². The van der Waals surface area contributed by atoms with Crippen molar-refractivity contribution in [2.24, 2.45) is 0 Å². The fourth-order valence-electron chi connectivity index (χ4n) is 2.03. The molecule has 0 saturated carbocycles. The topological polar surface area (TPSA) is 25.2 Å². The lowest BCUT2D eigenvalue weighted by atomic mass is 10.0. The molecule has 0 saturated heterocycles. The predicted octanol–water partition coefficient (Wildman–Crippen LogP) is 3.84. The Morgan fingerprint density at radius 1 is 1.21 bits per heavy atom. The van der Waals surface area contributed by atoms with Crippen LogP contribution in [0.25, 0.3) is 0 Å². The molecule has 0 aliphatic rings. The lowest BCUT2D eigenvalue weighted by molar-refractivity contribution is 0.446. The number of halogens is 2. The Morgan fingerprint density at radius 2 is 1.95 bits per heavy atom. The summed E-state index contributed by atoms with van der Waals surface area (Å²) in [6, 6.07) is 7.11. The summed E-state index contributed by atoms with van der Waals surface area (Å²) >= 11 is 0. The van der Waals surface area contributed by atoms with Crippen LogP contribution in [0.15, 0.2) is 41.0 Å². The van der Waals surface area contributed by atoms with Crippen molar-refractivity contribution in [3.05, 3.63) is 59.6 Å². The van der Waals surface area contributed by atoms with Gasteiger partial charge in [0.2, 0.25) is 0 Å². The first-order valence-corrected chi connectivity index (χ1v) is 6.40. The molecule has 0 bridgehead atoms. The predicted molar refractivity (Wildman–Crippen MR) is 69.8 cm³/mol. The third-order valence-corrected chi connectivity index (χ3v) is 2.91. The quantitative estimate of drug-likeness (QED) is 0.858. The second kappa shape index (κ2) is 6.48. The van der Waals surface area contributed by atoms with Crippen LogP contribution in [0, 0.1) is 11.6 Å². The van der Waals surface area contributed by atoms with E-state index < -0.39 is 11.6 Å². The minimum Gasteiger partial charge on any atom is -0.469 e. The highest BCUT2D eigenvalue weighted by atomic mass is 19.1. The van der Waals surface area contributed by atoms with Gasteiger partial charge in [0.15, 0.2) is 0 Å². The molecule has 2 aromatic rings. The minimum absolute atomic E-state index is 0.156. The summed E-state index contributed by atoms with van der Waals surface area (Å²) < 4.78 is 31.9. The molecule has 0 amide bonds. The highest BCUT2D eigenvalue weighted by molar-refractivity contribution is 5.23. The Kier molecular flexibility index (Phi) is 4.68. The zero-order valence-electron chi connectivity index (χ0n) is 10.8. The minimum atomic E-state index is -0.558. The number of hydrogen-bond acceptors (Lipinski definition) is 2. The van der Waals surface area contributed by atoms with Crippen LogP contribution >= 0.6 is 0 Å². The van der Waals surface area contributed by atoms with E-state index in [-0.39, 0.29) is 6.04 Å². The molecule has 0 aliphatic heterocycles. The summed E-state index contributed by atoms with van der Waals surface area (Å²) in [5.41, 5.74) is 0.599. The van der Waals surface area contributed by atoms with E-state index in [2.05, 4.69) is 5.32 Å². The summed E-state index contributed by atoms with van der Waals surface area (Å²) in [4.78, 5) is 0. The zero-order valence-corrected chi connectivity index (χ0v) is 10.8. The molecule has 1 N–H and O–H groups in total. The van der Waals surface area contributed by atoms with Crippen LogP contribution in [-0.4, -0.2) is 6.54 Å². The smallest absolute Gasteiger partial charge is 0.126 e. The maximum Gasteiger partial charge on any atom is 0.126 e. The van der Waals surface area contributed by atoms with Gasteiger partial charge in [0.25, 0.3) is 0 Å². The molecule has 2 rings (SSSR count). The van der Waals surface area contributed by atoms with Crippen LogP contribution in [-0.2, 0) is 6.42 Å². The summed E-state index contributed by atoms with van der Waals surface area (Å²) in [5.74, 6) is -0.325.